The van der Waals surface area contributed by atoms with Gasteiger partial charge in [0.2, 0.25) is 0 Å². The number of carboxylic acid groups (broad SMARTS) is 1. The highest BCUT2D eigenvalue weighted by molar-refractivity contribution is 6.71. The lowest BCUT2D eigenvalue weighted by Crippen LogP contribution is -2.28. The number of nitrogens with one attached hydrogen (secondary N) is 1. The molecule has 0 aliphatic carbocycles. The van der Waals surface area contributed by atoms with Crippen LogP contribution in [0.15, 0.2) is 70.9 Å². The molecule has 1 aliphatic rings. The van der Waals surface area contributed by atoms with E-state index < -0.39 is 11.9 Å². The third-order valence-corrected chi connectivity index (χ3v) is 5.67. The number of aromatic carboxylic acids is 1. The van der Waals surface area contributed by atoms with Gasteiger partial charge in [0.25, 0.3) is 0 Å². The van der Waals surface area contributed by atoms with Crippen LogP contribution in [0.1, 0.15) is 34.0 Å². The predicted octanol–water partition coefficient (Wildman–Crippen LogP) is 4.51. The zero-order chi connectivity index (χ0) is 25.1. The molecule has 3 N–H and O–H groups in total. The molecule has 0 aromatic heterocycles. The number of phenols is 1. The first kappa shape index (κ1) is 23.6. The second-order valence-corrected chi connectivity index (χ2v) is 8.09. The first-order valence-electron chi connectivity index (χ1n) is 10.9. The van der Waals surface area contributed by atoms with E-state index in [0.717, 1.165) is 5.01 Å². The monoisotopic (exact) mass is 474 g/mol. The number of amides is 1. The van der Waals surface area contributed by atoms with Crippen LogP contribution in [0.4, 0.5) is 15.8 Å². The van der Waals surface area contributed by atoms with Crippen LogP contribution in [0, 0.1) is 12.7 Å². The highest BCUT2D eigenvalue weighted by Gasteiger charge is 2.31. The second-order valence-electron chi connectivity index (χ2n) is 8.09. The zero-order valence-electron chi connectivity index (χ0n) is 19.1. The van der Waals surface area contributed by atoms with Crippen molar-refractivity contribution in [2.24, 2.45) is 10.2 Å². The lowest BCUT2D eigenvalue weighted by molar-refractivity contribution is -0.112. The highest BCUT2D eigenvalue weighted by atomic mass is 19.1. The molecule has 1 aliphatic heterocycles. The maximum atomic E-state index is 14.3. The number of carbonyl (C=O) groups excluding carboxylic acids is 1. The Kier molecular flexibility index (Phi) is 6.59. The van der Waals surface area contributed by atoms with Crippen LogP contribution in [0.2, 0.25) is 0 Å². The molecule has 8 nitrogen and oxygen atoms in total. The first-order valence-corrected chi connectivity index (χ1v) is 10.9. The lowest BCUT2D eigenvalue weighted by Gasteiger charge is -2.12. The molecular weight excluding hydrogens is 451 g/mol. The maximum Gasteiger partial charge on any atom is 0.335 e. The molecule has 1 heterocycles. The van der Waals surface area contributed by atoms with Crippen LogP contribution in [0.5, 0.6) is 5.75 Å². The summed E-state index contributed by atoms with van der Waals surface area (Å²) in [4.78, 5) is 24.1. The highest BCUT2D eigenvalue weighted by Crippen LogP contribution is 2.29. The third-order valence-electron chi connectivity index (χ3n) is 5.67. The molecule has 0 radical (unpaired) electrons. The van der Waals surface area contributed by atoms with Crippen LogP contribution < -0.4 is 10.4 Å². The number of aryl methyl sites for hydroxylation is 3. The SMILES string of the molecule is CC1=NN(c2cccc(C(=O)O)c2)C(=O)/C1=N\Nc1cccc(CCc2cccc(C)c2F)c1O. The fraction of sp³-hybridized carbons (Fsp3) is 0.154. The number of nitrogens with zero attached hydrogens (tertiary/aromatic N) is 3. The van der Waals surface area contributed by atoms with Crippen LogP contribution in [0.25, 0.3) is 0 Å². The van der Waals surface area contributed by atoms with Gasteiger partial charge in [-0.3, -0.25) is 10.2 Å². The van der Waals surface area contributed by atoms with E-state index in [1.165, 1.54) is 18.2 Å². The van der Waals surface area contributed by atoms with Crippen molar-refractivity contribution in [3.63, 3.8) is 0 Å². The Morgan fingerprint density at radius 2 is 1.74 bits per heavy atom. The van der Waals surface area contributed by atoms with Gasteiger partial charge < -0.3 is 10.2 Å². The van der Waals surface area contributed by atoms with Crippen LogP contribution in [-0.2, 0) is 17.6 Å². The summed E-state index contributed by atoms with van der Waals surface area (Å²) in [6.07, 6.45) is 0.819. The fourth-order valence-corrected chi connectivity index (χ4v) is 3.74. The molecule has 0 spiro atoms. The van der Waals surface area contributed by atoms with Gasteiger partial charge in [-0.2, -0.15) is 15.2 Å². The molecule has 3 aromatic rings. The van der Waals surface area contributed by atoms with Gasteiger partial charge in [0.05, 0.1) is 22.6 Å². The van der Waals surface area contributed by atoms with E-state index in [1.807, 2.05) is 0 Å². The lowest BCUT2D eigenvalue weighted by atomic mass is 10.0. The van der Waals surface area contributed by atoms with E-state index in [0.29, 0.717) is 40.9 Å². The van der Waals surface area contributed by atoms with Crippen molar-refractivity contribution in [2.45, 2.75) is 26.7 Å². The molecule has 178 valence electrons. The van der Waals surface area contributed by atoms with Gasteiger partial charge >= 0.3 is 11.9 Å². The van der Waals surface area contributed by atoms with Gasteiger partial charge in [-0.25, -0.2) is 9.18 Å². The van der Waals surface area contributed by atoms with Crippen LogP contribution in [0.3, 0.4) is 0 Å². The summed E-state index contributed by atoms with van der Waals surface area (Å²) in [5, 5.41) is 29.3. The number of halogens is 1. The average molecular weight is 474 g/mol. The minimum Gasteiger partial charge on any atom is -0.505 e. The summed E-state index contributed by atoms with van der Waals surface area (Å²) >= 11 is 0. The number of benzene rings is 3. The summed E-state index contributed by atoms with van der Waals surface area (Å²) in [6.45, 7) is 3.31. The molecule has 9 heteroatoms. The van der Waals surface area contributed by atoms with E-state index in [9.17, 15) is 24.2 Å². The predicted molar refractivity (Wildman–Crippen MR) is 132 cm³/mol. The van der Waals surface area contributed by atoms with Crippen molar-refractivity contribution in [1.29, 1.82) is 0 Å². The van der Waals surface area contributed by atoms with Gasteiger partial charge in [-0.15, -0.1) is 0 Å². The Bertz CT molecular complexity index is 1380. The quantitative estimate of drug-likeness (QED) is 0.344. The Morgan fingerprint density at radius 3 is 2.51 bits per heavy atom. The van der Waals surface area contributed by atoms with Crippen molar-refractivity contribution in [3.05, 3.63) is 88.7 Å². The molecule has 0 atom stereocenters. The van der Waals surface area contributed by atoms with Gasteiger partial charge in [-0.1, -0.05) is 36.4 Å². The Morgan fingerprint density at radius 1 is 1.06 bits per heavy atom. The van der Waals surface area contributed by atoms with E-state index in [1.54, 1.807) is 56.3 Å². The number of anilines is 2. The minimum atomic E-state index is -1.12. The number of hydrogen-bond acceptors (Lipinski definition) is 6. The molecule has 0 fully saturated rings. The normalized spacial score (nSPS) is 14.4. The van der Waals surface area contributed by atoms with Crippen LogP contribution >= 0.6 is 0 Å². The number of carbonyl (C=O) groups is 2. The van der Waals surface area contributed by atoms with Crippen molar-refractivity contribution in [1.82, 2.24) is 0 Å². The molecule has 3 aromatic carbocycles. The van der Waals surface area contributed by atoms with Gasteiger partial charge in [0.1, 0.15) is 11.6 Å². The van der Waals surface area contributed by atoms with E-state index in [2.05, 4.69) is 15.6 Å². The smallest absolute Gasteiger partial charge is 0.335 e. The van der Waals surface area contributed by atoms with Gasteiger partial charge in [-0.05, 0) is 67.6 Å². The van der Waals surface area contributed by atoms with Crippen molar-refractivity contribution in [3.8, 4) is 5.75 Å². The summed E-state index contributed by atoms with van der Waals surface area (Å²) in [6, 6.07) is 16.2. The standard InChI is InChI=1S/C26H23FN4O4/c1-15-6-3-7-17(22(15)27)12-13-18-8-5-11-21(24(18)32)28-29-23-16(2)30-31(25(23)33)20-10-4-9-19(14-20)26(34)35/h3-11,14,28,32H,12-13H2,1-2H3,(H,34,35)/b29-23-. The molecule has 0 saturated carbocycles. The fourth-order valence-electron chi connectivity index (χ4n) is 3.74. The second kappa shape index (κ2) is 9.76. The molecule has 4 rings (SSSR count). The number of rotatable bonds is 7. The Balaban J connectivity index is 1.50. The number of para-hydroxylation sites is 1. The minimum absolute atomic E-state index is 0.0253. The molecule has 35 heavy (non-hydrogen) atoms. The molecule has 0 unspecified atom stereocenters. The average Bonchev–Trinajstić information content (AvgIpc) is 3.13. The summed E-state index contributed by atoms with van der Waals surface area (Å²) in [5.41, 5.74) is 5.42. The number of aromatic hydroxyl groups is 1. The number of hydrazone groups is 2. The molecule has 0 saturated heterocycles. The van der Waals surface area contributed by atoms with E-state index >= 15 is 0 Å². The number of hydrogen-bond donors (Lipinski definition) is 3. The van der Waals surface area contributed by atoms with E-state index in [-0.39, 0.29) is 28.5 Å². The Labute approximate surface area is 201 Å². The van der Waals surface area contributed by atoms with Crippen LogP contribution in [-0.4, -0.2) is 33.5 Å². The first-order chi connectivity index (χ1) is 16.8. The topological polar surface area (TPSA) is 115 Å². The summed E-state index contributed by atoms with van der Waals surface area (Å²) < 4.78 is 14.3. The van der Waals surface area contributed by atoms with Crippen molar-refractivity contribution < 1.29 is 24.2 Å². The molecular formula is C26H23FN4O4. The summed E-state index contributed by atoms with van der Waals surface area (Å²) in [7, 11) is 0. The third kappa shape index (κ3) is 4.89. The van der Waals surface area contributed by atoms with Crippen molar-refractivity contribution in [2.75, 3.05) is 10.4 Å². The van der Waals surface area contributed by atoms with Crippen molar-refractivity contribution >= 4 is 34.7 Å². The van der Waals surface area contributed by atoms with E-state index in [4.69, 9.17) is 0 Å². The maximum absolute atomic E-state index is 14.3. The van der Waals surface area contributed by atoms with Gasteiger partial charge in [0.15, 0.2) is 5.71 Å². The number of phenolic OH excluding ortho intramolecular Hbond substituents is 1. The van der Waals surface area contributed by atoms with Gasteiger partial charge in [0, 0.05) is 0 Å². The molecule has 0 bridgehead atoms. The number of carboxylic acids is 1. The zero-order valence-corrected chi connectivity index (χ0v) is 19.1. The Hall–Kier alpha value is -4.53. The summed E-state index contributed by atoms with van der Waals surface area (Å²) in [5.74, 6) is -1.95. The molecule has 1 amide bonds. The largest absolute Gasteiger partial charge is 0.505 e.